The predicted molar refractivity (Wildman–Crippen MR) is 82.9 cm³/mol. The van der Waals surface area contributed by atoms with Crippen molar-refractivity contribution in [2.24, 2.45) is 0 Å². The fourth-order valence-electron chi connectivity index (χ4n) is 2.55. The lowest BCUT2D eigenvalue weighted by Crippen LogP contribution is -2.52. The van der Waals surface area contributed by atoms with Crippen LogP contribution in [-0.4, -0.2) is 53.0 Å². The number of aliphatic hydroxyl groups is 1. The minimum Gasteiger partial charge on any atom is -0.480 e. The fraction of sp³-hybridized carbons (Fsp3) is 0.267. The van der Waals surface area contributed by atoms with E-state index in [4.69, 9.17) is 5.11 Å². The lowest BCUT2D eigenvalue weighted by molar-refractivity contribution is -0.146. The van der Waals surface area contributed by atoms with Gasteiger partial charge in [0.25, 0.3) is 5.91 Å². The summed E-state index contributed by atoms with van der Waals surface area (Å²) < 4.78 is 23.1. The van der Waals surface area contributed by atoms with E-state index in [9.17, 15) is 23.1 Å². The second-order valence-electron chi connectivity index (χ2n) is 4.87. The monoisotopic (exact) mass is 337 g/mol. The van der Waals surface area contributed by atoms with Crippen LogP contribution in [-0.2, 0) is 19.9 Å². The molecule has 2 rings (SSSR count). The third-order valence-electron chi connectivity index (χ3n) is 3.50. The van der Waals surface area contributed by atoms with E-state index in [1.807, 2.05) is 0 Å². The number of carbonyl (C=O) groups is 2. The van der Waals surface area contributed by atoms with Crippen molar-refractivity contribution >= 4 is 32.6 Å². The molecular formula is C15H15NO6S. The highest BCUT2D eigenvalue weighted by atomic mass is 32.2. The van der Waals surface area contributed by atoms with Crippen LogP contribution in [0.25, 0.3) is 5.57 Å². The van der Waals surface area contributed by atoms with Gasteiger partial charge in [-0.05, 0) is 17.6 Å². The molecule has 122 valence electrons. The first-order chi connectivity index (χ1) is 10.9. The highest BCUT2D eigenvalue weighted by Crippen LogP contribution is 2.30. The van der Waals surface area contributed by atoms with Crippen LogP contribution >= 0.6 is 0 Å². The number of carboxylic acid groups (broad SMARTS) is 1. The van der Waals surface area contributed by atoms with Gasteiger partial charge in [-0.2, -0.15) is 8.42 Å². The summed E-state index contributed by atoms with van der Waals surface area (Å²) in [7, 11) is -2.79. The van der Waals surface area contributed by atoms with E-state index in [-0.39, 0.29) is 22.4 Å². The van der Waals surface area contributed by atoms with E-state index in [1.54, 1.807) is 37.3 Å². The van der Waals surface area contributed by atoms with Crippen LogP contribution in [0.1, 0.15) is 18.9 Å². The van der Waals surface area contributed by atoms with Crippen molar-refractivity contribution < 1.29 is 28.2 Å². The molecule has 0 saturated heterocycles. The van der Waals surface area contributed by atoms with Crippen molar-refractivity contribution in [1.82, 2.24) is 4.90 Å². The molecule has 1 heterocycles. The maximum absolute atomic E-state index is 12.6. The van der Waals surface area contributed by atoms with Crippen molar-refractivity contribution in [2.45, 2.75) is 19.6 Å². The standard InChI is InChI=1S/C15H15NO6S/c1-2-10-12(9-6-4-3-5-7-9)14(19)16(8-11(17)18)15(20)13(10)23(21)22/h3-7,15,20H,2,8H2,1H3,(H,17,18). The Hall–Kier alpha value is -2.45. The zero-order valence-electron chi connectivity index (χ0n) is 12.3. The lowest BCUT2D eigenvalue weighted by atomic mass is 9.90. The number of hydrogen-bond donors (Lipinski definition) is 2. The molecule has 0 radical (unpaired) electrons. The smallest absolute Gasteiger partial charge is 0.323 e. The van der Waals surface area contributed by atoms with Gasteiger partial charge in [0, 0.05) is 0 Å². The highest BCUT2D eigenvalue weighted by Gasteiger charge is 2.39. The molecule has 1 aromatic rings. The Balaban J connectivity index is 2.76. The molecule has 23 heavy (non-hydrogen) atoms. The topological polar surface area (TPSA) is 112 Å². The van der Waals surface area contributed by atoms with Crippen LogP contribution < -0.4 is 0 Å². The van der Waals surface area contributed by atoms with Gasteiger partial charge in [-0.15, -0.1) is 0 Å². The van der Waals surface area contributed by atoms with Crippen LogP contribution in [0.5, 0.6) is 0 Å². The summed E-state index contributed by atoms with van der Waals surface area (Å²) in [4.78, 5) is 23.9. The van der Waals surface area contributed by atoms with Crippen molar-refractivity contribution in [3.63, 3.8) is 0 Å². The molecule has 1 amide bonds. The maximum atomic E-state index is 12.6. The maximum Gasteiger partial charge on any atom is 0.323 e. The molecule has 1 aliphatic heterocycles. The molecule has 0 aliphatic carbocycles. The summed E-state index contributed by atoms with van der Waals surface area (Å²) in [5.74, 6) is -2.06. The number of benzene rings is 1. The molecular weight excluding hydrogens is 322 g/mol. The van der Waals surface area contributed by atoms with Crippen LogP contribution in [0.3, 0.4) is 0 Å². The molecule has 2 N–H and O–H groups in total. The van der Waals surface area contributed by atoms with Gasteiger partial charge in [-0.25, -0.2) is 0 Å². The molecule has 1 unspecified atom stereocenters. The first kappa shape index (κ1) is 16.9. The zero-order chi connectivity index (χ0) is 17.1. The number of hydrogen-bond acceptors (Lipinski definition) is 5. The molecule has 1 aliphatic rings. The number of nitrogens with zero attached hydrogens (tertiary/aromatic N) is 1. The molecule has 8 heteroatoms. The minimum absolute atomic E-state index is 0.0962. The average Bonchev–Trinajstić information content (AvgIpc) is 2.51. The molecule has 0 bridgehead atoms. The number of aliphatic hydroxyl groups excluding tert-OH is 1. The second kappa shape index (κ2) is 6.76. The van der Waals surface area contributed by atoms with E-state index < -0.39 is 34.9 Å². The van der Waals surface area contributed by atoms with Crippen LogP contribution in [0.2, 0.25) is 0 Å². The summed E-state index contributed by atoms with van der Waals surface area (Å²) >= 11 is 0. The summed E-state index contributed by atoms with van der Waals surface area (Å²) in [5, 5.41) is 19.1. The summed E-state index contributed by atoms with van der Waals surface area (Å²) in [5.41, 5.74) is 0.766. The third kappa shape index (κ3) is 3.17. The Morgan fingerprint density at radius 2 is 1.87 bits per heavy atom. The van der Waals surface area contributed by atoms with Crippen LogP contribution in [0.4, 0.5) is 0 Å². The minimum atomic E-state index is -2.79. The Morgan fingerprint density at radius 1 is 1.26 bits per heavy atom. The van der Waals surface area contributed by atoms with Gasteiger partial charge >= 0.3 is 5.97 Å². The number of carboxylic acids is 1. The van der Waals surface area contributed by atoms with E-state index in [1.165, 1.54) is 0 Å². The van der Waals surface area contributed by atoms with Crippen molar-refractivity contribution in [3.05, 3.63) is 41.5 Å². The van der Waals surface area contributed by atoms with Crippen molar-refractivity contribution in [3.8, 4) is 0 Å². The van der Waals surface area contributed by atoms with Gasteiger partial charge in [0.1, 0.15) is 11.4 Å². The van der Waals surface area contributed by atoms with Gasteiger partial charge in [-0.3, -0.25) is 14.5 Å². The summed E-state index contributed by atoms with van der Waals surface area (Å²) in [6.45, 7) is 0.867. The Kier molecular flexibility index (Phi) is 4.97. The van der Waals surface area contributed by atoms with Gasteiger partial charge in [0.2, 0.25) is 10.3 Å². The van der Waals surface area contributed by atoms with Crippen LogP contribution in [0, 0.1) is 0 Å². The number of amides is 1. The first-order valence-corrected chi connectivity index (χ1v) is 7.91. The number of aliphatic carboxylic acids is 1. The second-order valence-corrected chi connectivity index (χ2v) is 5.78. The molecule has 0 fully saturated rings. The average molecular weight is 337 g/mol. The highest BCUT2D eigenvalue weighted by molar-refractivity contribution is 7.73. The fourth-order valence-corrected chi connectivity index (χ4v) is 3.30. The normalized spacial score (nSPS) is 18.3. The molecule has 1 aromatic carbocycles. The van der Waals surface area contributed by atoms with Crippen molar-refractivity contribution in [1.29, 1.82) is 0 Å². The van der Waals surface area contributed by atoms with E-state index in [0.717, 1.165) is 0 Å². The quantitative estimate of drug-likeness (QED) is 0.756. The van der Waals surface area contributed by atoms with Gasteiger partial charge < -0.3 is 10.2 Å². The Labute approximate surface area is 134 Å². The Morgan fingerprint density at radius 3 is 2.35 bits per heavy atom. The first-order valence-electron chi connectivity index (χ1n) is 6.84. The van der Waals surface area contributed by atoms with E-state index in [2.05, 4.69) is 0 Å². The number of rotatable bonds is 4. The summed E-state index contributed by atoms with van der Waals surface area (Å²) in [6, 6.07) is 8.37. The largest absolute Gasteiger partial charge is 0.480 e. The van der Waals surface area contributed by atoms with Gasteiger partial charge in [-0.1, -0.05) is 37.3 Å². The molecule has 0 saturated carbocycles. The molecule has 0 aromatic heterocycles. The van der Waals surface area contributed by atoms with Crippen LogP contribution in [0.15, 0.2) is 35.9 Å². The SMILES string of the molecule is CCC1=C(c2ccccc2)C(=O)N(CC(=O)O)C(O)C1=S(=O)=O. The molecule has 0 spiro atoms. The number of carbonyl (C=O) groups excluding carboxylic acids is 1. The van der Waals surface area contributed by atoms with E-state index in [0.29, 0.717) is 10.5 Å². The van der Waals surface area contributed by atoms with Gasteiger partial charge in [0.05, 0.1) is 5.57 Å². The zero-order valence-corrected chi connectivity index (χ0v) is 13.1. The van der Waals surface area contributed by atoms with Crippen molar-refractivity contribution in [2.75, 3.05) is 6.54 Å². The lowest BCUT2D eigenvalue weighted by Gasteiger charge is -2.34. The summed E-state index contributed by atoms with van der Waals surface area (Å²) in [6.07, 6.45) is -1.60. The van der Waals surface area contributed by atoms with E-state index >= 15 is 0 Å². The molecule has 1 atom stereocenters. The third-order valence-corrected chi connectivity index (χ3v) is 4.32. The predicted octanol–water partition coefficient (Wildman–Crippen LogP) is 0.147. The van der Waals surface area contributed by atoms with Gasteiger partial charge in [0.15, 0.2) is 6.23 Å². The molecule has 7 nitrogen and oxygen atoms in total. The Bertz CT molecular complexity index is 802.